The van der Waals surface area contributed by atoms with Gasteiger partial charge in [0, 0.05) is 18.7 Å². The number of nitrogens with zero attached hydrogens (tertiary/aromatic N) is 1. The molecule has 0 aliphatic rings. The molecule has 1 unspecified atom stereocenters. The zero-order valence-corrected chi connectivity index (χ0v) is 11.3. The second-order valence-electron chi connectivity index (χ2n) is 4.13. The number of benzene rings is 1. The van der Waals surface area contributed by atoms with Gasteiger partial charge in [0.2, 0.25) is 0 Å². The molecule has 0 aliphatic carbocycles. The van der Waals surface area contributed by atoms with Gasteiger partial charge in [-0.15, -0.1) is 6.58 Å². The Hall–Kier alpha value is -2.90. The van der Waals surface area contributed by atoms with Crippen molar-refractivity contribution in [1.82, 2.24) is 5.32 Å². The maximum absolute atomic E-state index is 11.5. The Kier molecular flexibility index (Phi) is 5.41. The highest BCUT2D eigenvalue weighted by molar-refractivity contribution is 5.95. The number of carboxylic acid groups (broad SMARTS) is 1. The van der Waals surface area contributed by atoms with Gasteiger partial charge < -0.3 is 15.7 Å². The van der Waals surface area contributed by atoms with Gasteiger partial charge in [0.25, 0.3) is 11.6 Å². The van der Waals surface area contributed by atoms with E-state index in [9.17, 15) is 19.7 Å². The fourth-order valence-electron chi connectivity index (χ4n) is 1.67. The van der Waals surface area contributed by atoms with Crippen LogP contribution >= 0.6 is 0 Å². The smallest absolute Gasteiger partial charge is 0.326 e. The lowest BCUT2D eigenvalue weighted by molar-refractivity contribution is -0.384. The number of carboxylic acids is 1. The molecule has 3 N–H and O–H groups in total. The molecule has 1 aromatic carbocycles. The van der Waals surface area contributed by atoms with Crippen molar-refractivity contribution in [3.05, 3.63) is 46.5 Å². The minimum atomic E-state index is -1.15. The van der Waals surface area contributed by atoms with Crippen molar-refractivity contribution in [3.8, 4) is 0 Å². The third-order valence-electron chi connectivity index (χ3n) is 2.71. The summed E-state index contributed by atoms with van der Waals surface area (Å²) in [5.41, 5.74) is -0.223. The van der Waals surface area contributed by atoms with Gasteiger partial charge in [0.15, 0.2) is 0 Å². The molecule has 8 heteroatoms. The summed E-state index contributed by atoms with van der Waals surface area (Å²) in [5.74, 6) is -1.62. The number of carbonyl (C=O) groups is 2. The van der Waals surface area contributed by atoms with Crippen LogP contribution in [-0.4, -0.2) is 35.0 Å². The maximum atomic E-state index is 11.5. The Morgan fingerprint density at radius 1 is 1.52 bits per heavy atom. The van der Waals surface area contributed by atoms with Crippen LogP contribution in [0.2, 0.25) is 0 Å². The highest BCUT2D eigenvalue weighted by Gasteiger charge is 2.22. The SMILES string of the molecule is C=CCC(Nc1ccc(C(=O)NC)cc1[N+](=O)[O-])C(=O)O. The van der Waals surface area contributed by atoms with Crippen molar-refractivity contribution < 1.29 is 19.6 Å². The number of amides is 1. The molecule has 112 valence electrons. The summed E-state index contributed by atoms with van der Waals surface area (Å²) in [6.45, 7) is 3.44. The number of rotatable bonds is 7. The van der Waals surface area contributed by atoms with E-state index in [1.165, 1.54) is 25.3 Å². The van der Waals surface area contributed by atoms with Gasteiger partial charge in [0.05, 0.1) is 4.92 Å². The molecule has 0 spiro atoms. The summed E-state index contributed by atoms with van der Waals surface area (Å²) in [4.78, 5) is 32.9. The number of aliphatic carboxylic acids is 1. The fourth-order valence-corrected chi connectivity index (χ4v) is 1.67. The first-order valence-electron chi connectivity index (χ1n) is 6.01. The van der Waals surface area contributed by atoms with E-state index in [0.29, 0.717) is 0 Å². The number of hydrogen-bond acceptors (Lipinski definition) is 5. The minimum absolute atomic E-state index is 0.0295. The van der Waals surface area contributed by atoms with Gasteiger partial charge in [0.1, 0.15) is 11.7 Å². The van der Waals surface area contributed by atoms with Crippen LogP contribution in [0.1, 0.15) is 16.8 Å². The molecule has 0 bridgehead atoms. The molecule has 0 aromatic heterocycles. The standard InChI is InChI=1S/C13H15N3O5/c1-3-4-10(13(18)19)15-9-6-5-8(12(17)14-2)7-11(9)16(20)21/h3,5-7,10,15H,1,4H2,2H3,(H,14,17)(H,18,19). The summed E-state index contributed by atoms with van der Waals surface area (Å²) in [7, 11) is 1.41. The van der Waals surface area contributed by atoms with Crippen molar-refractivity contribution in [2.75, 3.05) is 12.4 Å². The molecule has 0 fully saturated rings. The van der Waals surface area contributed by atoms with E-state index in [0.717, 1.165) is 6.07 Å². The van der Waals surface area contributed by atoms with E-state index in [1.54, 1.807) is 0 Å². The lowest BCUT2D eigenvalue weighted by atomic mass is 10.1. The van der Waals surface area contributed by atoms with Gasteiger partial charge in [-0.2, -0.15) is 0 Å². The lowest BCUT2D eigenvalue weighted by Crippen LogP contribution is -2.29. The summed E-state index contributed by atoms with van der Waals surface area (Å²) in [6.07, 6.45) is 1.50. The van der Waals surface area contributed by atoms with Crippen LogP contribution in [0.4, 0.5) is 11.4 Å². The van der Waals surface area contributed by atoms with Gasteiger partial charge in [-0.05, 0) is 18.6 Å². The summed E-state index contributed by atoms with van der Waals surface area (Å²) in [5, 5.41) is 25.0. The number of nitro groups is 1. The monoisotopic (exact) mass is 293 g/mol. The highest BCUT2D eigenvalue weighted by Crippen LogP contribution is 2.26. The molecule has 1 atom stereocenters. The number of carbonyl (C=O) groups excluding carboxylic acids is 1. The number of nitrogens with one attached hydrogen (secondary N) is 2. The molecule has 1 rings (SSSR count). The molecule has 0 saturated heterocycles. The van der Waals surface area contributed by atoms with Gasteiger partial charge in [-0.25, -0.2) is 4.79 Å². The first kappa shape index (κ1) is 16.2. The molecule has 1 aromatic rings. The zero-order valence-electron chi connectivity index (χ0n) is 11.3. The highest BCUT2D eigenvalue weighted by atomic mass is 16.6. The number of nitro benzene ring substituents is 1. The Morgan fingerprint density at radius 2 is 2.19 bits per heavy atom. The van der Waals surface area contributed by atoms with Crippen LogP contribution in [0.5, 0.6) is 0 Å². The third-order valence-corrected chi connectivity index (χ3v) is 2.71. The van der Waals surface area contributed by atoms with Crippen LogP contribution in [0.25, 0.3) is 0 Å². The topological polar surface area (TPSA) is 122 Å². The predicted molar refractivity (Wildman–Crippen MR) is 76.3 cm³/mol. The molecule has 0 radical (unpaired) electrons. The van der Waals surface area contributed by atoms with Crippen molar-refractivity contribution in [1.29, 1.82) is 0 Å². The van der Waals surface area contributed by atoms with Crippen LogP contribution in [-0.2, 0) is 4.79 Å². The molecular weight excluding hydrogens is 278 g/mol. The second-order valence-corrected chi connectivity index (χ2v) is 4.13. The quantitative estimate of drug-likeness (QED) is 0.397. The fraction of sp³-hybridized carbons (Fsp3) is 0.231. The maximum Gasteiger partial charge on any atom is 0.326 e. The zero-order chi connectivity index (χ0) is 16.0. The molecule has 1 amide bonds. The van der Waals surface area contributed by atoms with Gasteiger partial charge in [-0.1, -0.05) is 6.08 Å². The normalized spacial score (nSPS) is 11.3. The summed E-state index contributed by atoms with van der Waals surface area (Å²) < 4.78 is 0. The Balaban J connectivity index is 3.17. The number of anilines is 1. The van der Waals surface area contributed by atoms with Crippen LogP contribution in [0.15, 0.2) is 30.9 Å². The summed E-state index contributed by atoms with van der Waals surface area (Å²) >= 11 is 0. The van der Waals surface area contributed by atoms with E-state index in [4.69, 9.17) is 5.11 Å². The first-order chi connectivity index (χ1) is 9.90. The van der Waals surface area contributed by atoms with E-state index < -0.39 is 22.8 Å². The van der Waals surface area contributed by atoms with Gasteiger partial charge >= 0.3 is 5.97 Å². The molecule has 0 heterocycles. The van der Waals surface area contributed by atoms with E-state index in [1.807, 2.05) is 0 Å². The average molecular weight is 293 g/mol. The van der Waals surface area contributed by atoms with Crippen molar-refractivity contribution in [3.63, 3.8) is 0 Å². The van der Waals surface area contributed by atoms with Crippen molar-refractivity contribution >= 4 is 23.3 Å². The van der Waals surface area contributed by atoms with Crippen molar-refractivity contribution in [2.45, 2.75) is 12.5 Å². The van der Waals surface area contributed by atoms with E-state index >= 15 is 0 Å². The molecular formula is C13H15N3O5. The minimum Gasteiger partial charge on any atom is -0.480 e. The van der Waals surface area contributed by atoms with Crippen LogP contribution in [0.3, 0.4) is 0 Å². The number of hydrogen-bond donors (Lipinski definition) is 3. The Morgan fingerprint density at radius 3 is 2.67 bits per heavy atom. The Bertz CT molecular complexity index is 585. The van der Waals surface area contributed by atoms with E-state index in [-0.39, 0.29) is 23.4 Å². The predicted octanol–water partition coefficient (Wildman–Crippen LogP) is 1.40. The Labute approximate surface area is 120 Å². The molecule has 0 saturated carbocycles. The molecule has 8 nitrogen and oxygen atoms in total. The average Bonchev–Trinajstić information content (AvgIpc) is 2.45. The molecule has 0 aliphatic heterocycles. The second kappa shape index (κ2) is 7.04. The van der Waals surface area contributed by atoms with Gasteiger partial charge in [-0.3, -0.25) is 14.9 Å². The van der Waals surface area contributed by atoms with Crippen LogP contribution in [0, 0.1) is 10.1 Å². The van der Waals surface area contributed by atoms with E-state index in [2.05, 4.69) is 17.2 Å². The van der Waals surface area contributed by atoms with Crippen LogP contribution < -0.4 is 10.6 Å². The lowest BCUT2D eigenvalue weighted by Gasteiger charge is -2.14. The first-order valence-corrected chi connectivity index (χ1v) is 6.01. The third kappa shape index (κ3) is 4.03. The molecule has 21 heavy (non-hydrogen) atoms. The van der Waals surface area contributed by atoms with Crippen molar-refractivity contribution in [2.24, 2.45) is 0 Å². The summed E-state index contributed by atoms with van der Waals surface area (Å²) in [6, 6.07) is 2.74. The largest absolute Gasteiger partial charge is 0.480 e.